The predicted molar refractivity (Wildman–Crippen MR) is 244 cm³/mol. The number of aliphatic carboxylic acids is 4. The van der Waals surface area contributed by atoms with Crippen molar-refractivity contribution in [2.45, 2.75) is 130 Å². The highest BCUT2D eigenvalue weighted by molar-refractivity contribution is 5.71. The van der Waals surface area contributed by atoms with E-state index in [0.29, 0.717) is 48.7 Å². The summed E-state index contributed by atoms with van der Waals surface area (Å²) in [7, 11) is 0. The number of hydrogen-bond donors (Lipinski definition) is 4. The van der Waals surface area contributed by atoms with Crippen molar-refractivity contribution in [3.05, 3.63) is 115 Å². The van der Waals surface area contributed by atoms with Crippen LogP contribution in [-0.4, -0.2) is 70.7 Å². The topological polar surface area (TPSA) is 186 Å². The van der Waals surface area contributed by atoms with E-state index in [1.54, 1.807) is 24.3 Å². The van der Waals surface area contributed by atoms with Gasteiger partial charge >= 0.3 is 23.9 Å². The molecular formula is C52H64O12. The summed E-state index contributed by atoms with van der Waals surface area (Å²) in [5.41, 5.74) is 8.31. The summed E-state index contributed by atoms with van der Waals surface area (Å²) in [5.74, 6) is -2.86. The number of carboxylic acid groups (broad SMARTS) is 4. The third kappa shape index (κ3) is 11.4. The van der Waals surface area contributed by atoms with Gasteiger partial charge in [-0.2, -0.15) is 0 Å². The molecule has 12 nitrogen and oxygen atoms in total. The standard InChI is InChI=1S/C52H64O12/c1-49(2,3)45-29-13-17-37(61-25-41(53)54)33(45)22-30-14-18-39(63-27-43(57)58)35(46(30)50(4,5)6)24-32-16-20-40(64-28-44(59)60)36(48(32)52(10,11)12)23-31-15-19-38(62-26-42(55)56)34(21-29)47(31)51(7,8)9/h13-20H,21-28H2,1-12H3,(H,53,54)(H,55,56)(H,57,58)(H,59,60). The third-order valence-corrected chi connectivity index (χ3v) is 11.3. The van der Waals surface area contributed by atoms with Crippen molar-refractivity contribution in [2.24, 2.45) is 0 Å². The van der Waals surface area contributed by atoms with E-state index in [0.717, 1.165) is 66.8 Å². The molecule has 0 radical (unpaired) electrons. The van der Waals surface area contributed by atoms with Crippen molar-refractivity contribution in [3.63, 3.8) is 0 Å². The molecule has 0 saturated carbocycles. The van der Waals surface area contributed by atoms with Gasteiger partial charge in [-0.1, -0.05) is 107 Å². The summed E-state index contributed by atoms with van der Waals surface area (Å²) in [6.07, 6.45) is 1.23. The van der Waals surface area contributed by atoms with Gasteiger partial charge in [0.05, 0.1) is 0 Å². The maximum absolute atomic E-state index is 12.0. The Kier molecular flexibility index (Phi) is 14.2. The lowest BCUT2D eigenvalue weighted by molar-refractivity contribution is -0.140. The van der Waals surface area contributed by atoms with Gasteiger partial charge in [0, 0.05) is 47.9 Å². The first-order valence-electron chi connectivity index (χ1n) is 21.6. The monoisotopic (exact) mass is 880 g/mol. The Hall–Kier alpha value is -6.04. The van der Waals surface area contributed by atoms with Gasteiger partial charge in [-0.3, -0.25) is 0 Å². The van der Waals surface area contributed by atoms with E-state index in [1.165, 1.54) is 0 Å². The summed E-state index contributed by atoms with van der Waals surface area (Å²) < 4.78 is 24.5. The molecule has 344 valence electrons. The van der Waals surface area contributed by atoms with Gasteiger partial charge in [-0.15, -0.1) is 0 Å². The molecule has 0 unspecified atom stereocenters. The van der Waals surface area contributed by atoms with Crippen molar-refractivity contribution >= 4 is 23.9 Å². The van der Waals surface area contributed by atoms with E-state index in [4.69, 9.17) is 18.9 Å². The Bertz CT molecular complexity index is 2110. The summed E-state index contributed by atoms with van der Waals surface area (Å²) in [5, 5.41) is 39.3. The van der Waals surface area contributed by atoms with E-state index >= 15 is 0 Å². The summed E-state index contributed by atoms with van der Waals surface area (Å²) in [6.45, 7) is 22.8. The maximum atomic E-state index is 12.0. The Morgan fingerprint density at radius 2 is 0.531 bits per heavy atom. The van der Waals surface area contributed by atoms with Gasteiger partial charge in [-0.25, -0.2) is 19.2 Å². The molecule has 0 saturated heterocycles. The summed E-state index contributed by atoms with van der Waals surface area (Å²) in [4.78, 5) is 48.1. The van der Waals surface area contributed by atoms with E-state index < -0.39 is 72.0 Å². The number of ether oxygens (including phenoxy) is 4. The lowest BCUT2D eigenvalue weighted by atomic mass is 9.71. The summed E-state index contributed by atoms with van der Waals surface area (Å²) in [6, 6.07) is 15.0. The number of carbonyl (C=O) groups is 4. The number of rotatable bonds is 12. The van der Waals surface area contributed by atoms with Crippen LogP contribution in [-0.2, 0) is 66.5 Å². The van der Waals surface area contributed by atoms with Crippen molar-refractivity contribution < 1.29 is 58.6 Å². The Labute approximate surface area is 376 Å². The van der Waals surface area contributed by atoms with Gasteiger partial charge < -0.3 is 39.4 Å². The van der Waals surface area contributed by atoms with Crippen LogP contribution in [0.3, 0.4) is 0 Å². The molecule has 1 aliphatic carbocycles. The molecule has 0 spiro atoms. The molecule has 4 aromatic carbocycles. The van der Waals surface area contributed by atoms with Crippen LogP contribution in [0.15, 0.2) is 48.5 Å². The van der Waals surface area contributed by atoms with Gasteiger partial charge in [0.1, 0.15) is 23.0 Å². The third-order valence-electron chi connectivity index (χ3n) is 11.3. The minimum absolute atomic E-state index is 0.308. The van der Waals surface area contributed by atoms with Gasteiger partial charge in [0.25, 0.3) is 0 Å². The highest BCUT2D eigenvalue weighted by Crippen LogP contribution is 2.47. The van der Waals surface area contributed by atoms with Crippen LogP contribution in [0.25, 0.3) is 0 Å². The fourth-order valence-electron chi connectivity index (χ4n) is 9.60. The van der Waals surface area contributed by atoms with Crippen molar-refractivity contribution in [1.82, 2.24) is 0 Å². The quantitative estimate of drug-likeness (QED) is 0.0932. The zero-order chi connectivity index (χ0) is 47.7. The van der Waals surface area contributed by atoms with E-state index in [-0.39, 0.29) is 0 Å². The second-order valence-electron chi connectivity index (χ2n) is 20.7. The molecular weight excluding hydrogens is 817 g/mol. The molecule has 0 heterocycles. The minimum Gasteiger partial charge on any atom is -0.482 e. The fraction of sp³-hybridized carbons (Fsp3) is 0.462. The molecule has 0 aromatic heterocycles. The molecule has 0 aliphatic heterocycles. The smallest absolute Gasteiger partial charge is 0.341 e. The van der Waals surface area contributed by atoms with E-state index in [1.807, 2.05) is 24.3 Å². The average molecular weight is 881 g/mol. The average Bonchev–Trinajstić information content (AvgIpc) is 3.14. The first-order valence-corrected chi connectivity index (χ1v) is 21.6. The van der Waals surface area contributed by atoms with Crippen molar-refractivity contribution in [3.8, 4) is 23.0 Å². The molecule has 12 heteroatoms. The molecule has 8 bridgehead atoms. The normalized spacial score (nSPS) is 13.2. The van der Waals surface area contributed by atoms with Crippen LogP contribution in [0.5, 0.6) is 23.0 Å². The molecule has 5 rings (SSSR count). The number of hydrogen-bond acceptors (Lipinski definition) is 8. The number of carboxylic acids is 4. The number of fused-ring (bicyclic) bond motifs is 8. The second kappa shape index (κ2) is 18.6. The van der Waals surface area contributed by atoms with Crippen LogP contribution >= 0.6 is 0 Å². The van der Waals surface area contributed by atoms with Gasteiger partial charge in [-0.05, 0) is 90.4 Å². The highest BCUT2D eigenvalue weighted by atomic mass is 16.5. The van der Waals surface area contributed by atoms with Crippen LogP contribution < -0.4 is 18.9 Å². The van der Waals surface area contributed by atoms with Gasteiger partial charge in [0.2, 0.25) is 0 Å². The minimum atomic E-state index is -1.13. The molecule has 64 heavy (non-hydrogen) atoms. The Morgan fingerprint density at radius 1 is 0.359 bits per heavy atom. The maximum Gasteiger partial charge on any atom is 0.341 e. The molecule has 4 N–H and O–H groups in total. The largest absolute Gasteiger partial charge is 0.482 e. The second-order valence-corrected chi connectivity index (χ2v) is 20.7. The van der Waals surface area contributed by atoms with Gasteiger partial charge in [0.15, 0.2) is 26.4 Å². The molecule has 4 aromatic rings. The zero-order valence-electron chi connectivity index (χ0n) is 39.3. The fourth-order valence-corrected chi connectivity index (χ4v) is 9.60. The number of benzene rings is 4. The first-order chi connectivity index (χ1) is 29.6. The van der Waals surface area contributed by atoms with Crippen LogP contribution in [0.4, 0.5) is 0 Å². The van der Waals surface area contributed by atoms with Crippen molar-refractivity contribution in [1.29, 1.82) is 0 Å². The van der Waals surface area contributed by atoms with E-state index in [9.17, 15) is 39.6 Å². The summed E-state index contributed by atoms with van der Waals surface area (Å²) >= 11 is 0. The Balaban J connectivity index is 2.06. The molecule has 1 aliphatic rings. The zero-order valence-corrected chi connectivity index (χ0v) is 39.3. The lowest BCUT2D eigenvalue weighted by Gasteiger charge is -2.34. The molecule has 0 atom stereocenters. The van der Waals surface area contributed by atoms with Crippen molar-refractivity contribution in [2.75, 3.05) is 26.4 Å². The lowest BCUT2D eigenvalue weighted by Crippen LogP contribution is -2.25. The van der Waals surface area contributed by atoms with Crippen LogP contribution in [0.2, 0.25) is 0 Å². The van der Waals surface area contributed by atoms with E-state index in [2.05, 4.69) is 83.1 Å². The van der Waals surface area contributed by atoms with Crippen LogP contribution in [0.1, 0.15) is 150 Å². The first kappa shape index (κ1) is 49.0. The molecule has 0 amide bonds. The predicted octanol–water partition coefficient (Wildman–Crippen LogP) is 9.41. The molecule has 0 fully saturated rings. The highest BCUT2D eigenvalue weighted by Gasteiger charge is 2.35. The Morgan fingerprint density at radius 3 is 0.672 bits per heavy atom. The SMILES string of the molecule is CC(C)(C)c1c2ccc(OCC(=O)O)c1Cc1ccc(OCC(=O)O)c(c1C(C)(C)C)Cc1ccc(OCC(=O)O)c(c1C(C)(C)C)Cc1ccc(OCC(=O)O)c(c1C(C)(C)C)C2. The van der Waals surface area contributed by atoms with Crippen LogP contribution in [0, 0.1) is 0 Å².